The Morgan fingerprint density at radius 2 is 2.00 bits per heavy atom. The summed E-state index contributed by atoms with van der Waals surface area (Å²) in [5.74, 6) is 1.13. The van der Waals surface area contributed by atoms with Gasteiger partial charge < -0.3 is 9.88 Å². The summed E-state index contributed by atoms with van der Waals surface area (Å²) in [5, 5.41) is 4.86. The molecule has 0 saturated carbocycles. The van der Waals surface area contributed by atoms with Crippen molar-refractivity contribution in [2.24, 2.45) is 0 Å². The Bertz CT molecular complexity index is 1120. The van der Waals surface area contributed by atoms with Crippen molar-refractivity contribution in [1.29, 1.82) is 0 Å². The highest BCUT2D eigenvalue weighted by Crippen LogP contribution is 2.35. The Morgan fingerprint density at radius 1 is 1.18 bits per heavy atom. The fraction of sp³-hybridized carbons (Fsp3) is 0.333. The summed E-state index contributed by atoms with van der Waals surface area (Å²) >= 11 is 0. The first-order chi connectivity index (χ1) is 13.6. The van der Waals surface area contributed by atoms with Crippen molar-refractivity contribution < 1.29 is 0 Å². The summed E-state index contributed by atoms with van der Waals surface area (Å²) in [5.41, 5.74) is 6.57. The summed E-state index contributed by atoms with van der Waals surface area (Å²) in [6.45, 7) is 7.22. The summed E-state index contributed by atoms with van der Waals surface area (Å²) in [6.07, 6.45) is 8.49. The van der Waals surface area contributed by atoms with E-state index in [0.29, 0.717) is 5.92 Å². The summed E-state index contributed by atoms with van der Waals surface area (Å²) in [6, 6.07) is 6.16. The van der Waals surface area contributed by atoms with Gasteiger partial charge in [-0.1, -0.05) is 19.9 Å². The van der Waals surface area contributed by atoms with E-state index in [4.69, 9.17) is 5.10 Å². The van der Waals surface area contributed by atoms with Crippen LogP contribution < -0.4 is 4.90 Å². The lowest BCUT2D eigenvalue weighted by atomic mass is 10.00. The molecule has 142 valence electrons. The highest BCUT2D eigenvalue weighted by atomic mass is 15.3. The van der Waals surface area contributed by atoms with Gasteiger partial charge in [-0.2, -0.15) is 5.10 Å². The Morgan fingerprint density at radius 3 is 2.75 bits per heavy atom. The van der Waals surface area contributed by atoms with Crippen LogP contribution in [-0.4, -0.2) is 36.1 Å². The van der Waals surface area contributed by atoms with Crippen LogP contribution in [0.3, 0.4) is 0 Å². The number of H-pyrrole nitrogens is 1. The van der Waals surface area contributed by atoms with Crippen LogP contribution >= 0.6 is 0 Å². The molecule has 1 aliphatic rings. The van der Waals surface area contributed by atoms with Crippen molar-refractivity contribution in [3.63, 3.8) is 0 Å². The minimum Gasteiger partial charge on any atom is -0.348 e. The molecule has 5 heterocycles. The molecule has 0 aliphatic carbocycles. The zero-order valence-corrected chi connectivity index (χ0v) is 16.3. The van der Waals surface area contributed by atoms with Gasteiger partial charge in [0, 0.05) is 37.3 Å². The van der Waals surface area contributed by atoms with Crippen molar-refractivity contribution in [3.8, 4) is 0 Å². The van der Waals surface area contributed by atoms with Crippen LogP contribution in [0.25, 0.3) is 5.52 Å². The number of anilines is 1. The standard InChI is InChI=1S/C21H23N7/c1-13(2)15-10-22-21(23-11-15)27-8-6-16-19(25-12-24-16)20(27)17-9-18-14(3)5-4-7-28(18)26-17/h4-5,7,9-13,20H,6,8H2,1-3H3,(H,24,25)/t20-/m1/s1. The van der Waals surface area contributed by atoms with Crippen LogP contribution in [0, 0.1) is 6.92 Å². The number of aromatic nitrogens is 6. The van der Waals surface area contributed by atoms with Crippen molar-refractivity contribution in [2.45, 2.75) is 39.2 Å². The average Bonchev–Trinajstić information content (AvgIpc) is 3.34. The molecule has 7 nitrogen and oxygen atoms in total. The lowest BCUT2D eigenvalue weighted by Gasteiger charge is -2.33. The Labute approximate surface area is 163 Å². The maximum Gasteiger partial charge on any atom is 0.226 e. The molecule has 1 N–H and O–H groups in total. The molecule has 1 atom stereocenters. The molecule has 0 saturated heterocycles. The number of nitrogens with zero attached hydrogens (tertiary/aromatic N) is 6. The minimum absolute atomic E-state index is 0.112. The summed E-state index contributed by atoms with van der Waals surface area (Å²) in [4.78, 5) is 19.5. The van der Waals surface area contributed by atoms with E-state index in [2.05, 4.69) is 57.7 Å². The quantitative estimate of drug-likeness (QED) is 0.595. The number of hydrogen-bond donors (Lipinski definition) is 1. The molecule has 4 aromatic heterocycles. The average molecular weight is 373 g/mol. The second-order valence-corrected chi connectivity index (χ2v) is 7.67. The molecule has 0 amide bonds. The third kappa shape index (κ3) is 2.66. The number of pyridine rings is 1. The van der Waals surface area contributed by atoms with Gasteiger partial charge in [-0.3, -0.25) is 0 Å². The molecular weight excluding hydrogens is 350 g/mol. The molecule has 0 spiro atoms. The second kappa shape index (κ2) is 6.44. The molecule has 28 heavy (non-hydrogen) atoms. The highest BCUT2D eigenvalue weighted by Gasteiger charge is 2.34. The van der Waals surface area contributed by atoms with E-state index in [9.17, 15) is 0 Å². The highest BCUT2D eigenvalue weighted by molar-refractivity contribution is 5.57. The first-order valence-electron chi connectivity index (χ1n) is 9.67. The van der Waals surface area contributed by atoms with Crippen LogP contribution in [0.1, 0.15) is 54.0 Å². The van der Waals surface area contributed by atoms with Gasteiger partial charge in [-0.05, 0) is 36.1 Å². The molecule has 0 radical (unpaired) electrons. The summed E-state index contributed by atoms with van der Waals surface area (Å²) < 4.78 is 1.94. The lowest BCUT2D eigenvalue weighted by Crippen LogP contribution is -2.37. The largest absolute Gasteiger partial charge is 0.348 e. The molecule has 0 unspecified atom stereocenters. The third-order valence-corrected chi connectivity index (χ3v) is 5.52. The van der Waals surface area contributed by atoms with Crippen molar-refractivity contribution in [3.05, 3.63) is 71.3 Å². The van der Waals surface area contributed by atoms with Crippen molar-refractivity contribution in [1.82, 2.24) is 29.5 Å². The van der Waals surface area contributed by atoms with Gasteiger partial charge >= 0.3 is 0 Å². The molecule has 7 heteroatoms. The molecular formula is C21H23N7. The number of aromatic amines is 1. The van der Waals surface area contributed by atoms with Crippen molar-refractivity contribution >= 4 is 11.5 Å². The fourth-order valence-corrected chi connectivity index (χ4v) is 3.88. The zero-order chi connectivity index (χ0) is 19.3. The van der Waals surface area contributed by atoms with E-state index in [1.807, 2.05) is 29.2 Å². The fourth-order valence-electron chi connectivity index (χ4n) is 3.88. The number of imidazole rings is 1. The van der Waals surface area contributed by atoms with E-state index in [1.54, 1.807) is 6.33 Å². The van der Waals surface area contributed by atoms with Crippen LogP contribution in [0.5, 0.6) is 0 Å². The van der Waals surface area contributed by atoms with Crippen LogP contribution in [0.4, 0.5) is 5.95 Å². The molecule has 1 aliphatic heterocycles. The van der Waals surface area contributed by atoms with Crippen LogP contribution in [-0.2, 0) is 6.42 Å². The second-order valence-electron chi connectivity index (χ2n) is 7.67. The Kier molecular flexibility index (Phi) is 3.89. The van der Waals surface area contributed by atoms with Gasteiger partial charge in [0.1, 0.15) is 6.04 Å². The first kappa shape index (κ1) is 16.9. The maximum atomic E-state index is 4.86. The van der Waals surface area contributed by atoms with Gasteiger partial charge in [0.25, 0.3) is 0 Å². The van der Waals surface area contributed by atoms with Crippen molar-refractivity contribution in [2.75, 3.05) is 11.4 Å². The number of fused-ring (bicyclic) bond motifs is 2. The third-order valence-electron chi connectivity index (χ3n) is 5.52. The molecule has 0 aromatic carbocycles. The van der Waals surface area contributed by atoms with E-state index in [0.717, 1.165) is 47.1 Å². The number of aryl methyl sites for hydroxylation is 1. The van der Waals surface area contributed by atoms with Gasteiger partial charge in [0.15, 0.2) is 0 Å². The number of nitrogens with one attached hydrogen (secondary N) is 1. The minimum atomic E-state index is -0.112. The predicted molar refractivity (Wildman–Crippen MR) is 108 cm³/mol. The normalized spacial score (nSPS) is 16.7. The van der Waals surface area contributed by atoms with Gasteiger partial charge in [0.05, 0.1) is 23.2 Å². The lowest BCUT2D eigenvalue weighted by molar-refractivity contribution is 0.601. The van der Waals surface area contributed by atoms with Gasteiger partial charge in [0.2, 0.25) is 5.95 Å². The maximum absolute atomic E-state index is 4.86. The van der Waals surface area contributed by atoms with Crippen LogP contribution in [0.15, 0.2) is 43.1 Å². The summed E-state index contributed by atoms with van der Waals surface area (Å²) in [7, 11) is 0. The number of hydrogen-bond acceptors (Lipinski definition) is 5. The van der Waals surface area contributed by atoms with E-state index >= 15 is 0 Å². The van der Waals surface area contributed by atoms with E-state index in [-0.39, 0.29) is 6.04 Å². The smallest absolute Gasteiger partial charge is 0.226 e. The monoisotopic (exact) mass is 373 g/mol. The van der Waals surface area contributed by atoms with Gasteiger partial charge in [-0.25, -0.2) is 19.5 Å². The first-order valence-corrected chi connectivity index (χ1v) is 9.67. The predicted octanol–water partition coefficient (Wildman–Crippen LogP) is 3.43. The molecule has 0 bridgehead atoms. The number of rotatable bonds is 3. The van der Waals surface area contributed by atoms with E-state index in [1.165, 1.54) is 5.56 Å². The Hall–Kier alpha value is -3.22. The SMILES string of the molecule is Cc1cccn2nc([C@@H]3c4nc[nH]c4CCN3c3ncc(C(C)C)cn3)cc12. The topological polar surface area (TPSA) is 75.0 Å². The van der Waals surface area contributed by atoms with Crippen LogP contribution in [0.2, 0.25) is 0 Å². The zero-order valence-electron chi connectivity index (χ0n) is 16.3. The molecule has 0 fully saturated rings. The molecule has 4 aromatic rings. The molecule has 5 rings (SSSR count). The Balaban J connectivity index is 1.63. The van der Waals surface area contributed by atoms with E-state index < -0.39 is 0 Å². The van der Waals surface area contributed by atoms with Gasteiger partial charge in [-0.15, -0.1) is 0 Å².